The number of rotatable bonds is 6. The Hall–Kier alpha value is -4.49. The molecule has 2 bridgehead atoms. The predicted octanol–water partition coefficient (Wildman–Crippen LogP) is 2.32. The maximum Gasteiger partial charge on any atom is 0.263 e. The molecule has 42 heavy (non-hydrogen) atoms. The summed E-state index contributed by atoms with van der Waals surface area (Å²) in [4.78, 5) is 51.6. The van der Waals surface area contributed by atoms with E-state index >= 15 is 0 Å². The first kappa shape index (κ1) is 27.7. The van der Waals surface area contributed by atoms with Crippen LogP contribution in [0.15, 0.2) is 41.7 Å². The molecule has 4 N–H and O–H groups in total. The average Bonchev–Trinajstić information content (AvgIpc) is 3.38. The van der Waals surface area contributed by atoms with E-state index in [1.165, 1.54) is 41.0 Å². The van der Waals surface area contributed by atoms with Crippen LogP contribution in [-0.4, -0.2) is 73.1 Å². The molecule has 14 heteroatoms. The smallest absolute Gasteiger partial charge is 0.263 e. The number of hydrogen-bond acceptors (Lipinski definition) is 8. The quantitative estimate of drug-likeness (QED) is 0.308. The number of amides is 2. The Morgan fingerprint density at radius 3 is 2.57 bits per heavy atom. The van der Waals surface area contributed by atoms with Crippen LogP contribution in [0.2, 0.25) is 5.02 Å². The van der Waals surface area contributed by atoms with Crippen molar-refractivity contribution in [2.24, 2.45) is 12.8 Å². The number of carbonyl (C=O) groups excluding carboxylic acids is 2. The molecule has 2 aliphatic heterocycles. The molecule has 218 valence electrons. The molecule has 2 fully saturated rings. The maximum absolute atomic E-state index is 14.5. The number of halogens is 2. The highest BCUT2D eigenvalue weighted by molar-refractivity contribution is 6.33. The molecule has 2 atom stereocenters. The number of benzene rings is 1. The van der Waals surface area contributed by atoms with Crippen LogP contribution in [0.5, 0.6) is 5.75 Å². The van der Waals surface area contributed by atoms with Crippen molar-refractivity contribution in [2.75, 3.05) is 30.4 Å². The number of piperazine rings is 1. The number of nitrogens with zero attached hydrogens (tertiary/aromatic N) is 6. The van der Waals surface area contributed by atoms with E-state index in [9.17, 15) is 23.9 Å². The van der Waals surface area contributed by atoms with Crippen LogP contribution < -0.4 is 21.5 Å². The zero-order chi connectivity index (χ0) is 29.9. The largest absolute Gasteiger partial charge is 0.504 e. The summed E-state index contributed by atoms with van der Waals surface area (Å²) in [5.74, 6) is -2.75. The Balaban J connectivity index is 1.31. The molecule has 0 radical (unpaired) electrons. The molecule has 2 aliphatic rings. The number of aromatic nitrogens is 4. The number of pyridine rings is 1. The summed E-state index contributed by atoms with van der Waals surface area (Å²) in [6.07, 6.45) is 6.56. The fourth-order valence-corrected chi connectivity index (χ4v) is 6.04. The van der Waals surface area contributed by atoms with Crippen molar-refractivity contribution in [3.63, 3.8) is 0 Å². The average molecular weight is 595 g/mol. The number of primary amides is 1. The predicted molar refractivity (Wildman–Crippen MR) is 155 cm³/mol. The molecule has 3 aromatic heterocycles. The molecular formula is C28H28ClFN8O4. The number of likely N-dealkylation sites (N-methyl/N-ethyl adjacent to an activating group) is 1. The fraction of sp³-hybridized carbons (Fsp3) is 0.321. The normalized spacial score (nSPS) is 18.5. The van der Waals surface area contributed by atoms with Gasteiger partial charge in [0.25, 0.3) is 11.5 Å². The van der Waals surface area contributed by atoms with Gasteiger partial charge in [-0.1, -0.05) is 11.6 Å². The first-order chi connectivity index (χ1) is 20.0. The fourth-order valence-electron chi connectivity index (χ4n) is 5.89. The van der Waals surface area contributed by atoms with Crippen molar-refractivity contribution >= 4 is 46.0 Å². The number of fused-ring (bicyclic) bond motifs is 3. The van der Waals surface area contributed by atoms with Gasteiger partial charge in [0.05, 0.1) is 34.2 Å². The second kappa shape index (κ2) is 10.4. The topological polar surface area (TPSA) is 152 Å². The van der Waals surface area contributed by atoms with Gasteiger partial charge in [0, 0.05) is 50.0 Å². The zero-order valence-corrected chi connectivity index (χ0v) is 23.6. The highest BCUT2D eigenvalue weighted by atomic mass is 35.5. The van der Waals surface area contributed by atoms with Crippen molar-refractivity contribution < 1.29 is 19.1 Å². The van der Waals surface area contributed by atoms with Gasteiger partial charge in [0.1, 0.15) is 18.0 Å². The highest BCUT2D eigenvalue weighted by Gasteiger charge is 2.38. The van der Waals surface area contributed by atoms with Crippen LogP contribution in [0, 0.1) is 5.82 Å². The zero-order valence-electron chi connectivity index (χ0n) is 22.8. The number of nitrogens with two attached hydrogens (primary N) is 1. The van der Waals surface area contributed by atoms with Gasteiger partial charge in [-0.15, -0.1) is 0 Å². The molecule has 4 aromatic rings. The number of anilines is 2. The van der Waals surface area contributed by atoms with E-state index in [1.54, 1.807) is 6.07 Å². The van der Waals surface area contributed by atoms with E-state index in [1.807, 2.05) is 0 Å². The minimum absolute atomic E-state index is 0.0993. The van der Waals surface area contributed by atoms with Gasteiger partial charge < -0.3 is 30.2 Å². The van der Waals surface area contributed by atoms with Crippen LogP contribution in [0.1, 0.15) is 23.2 Å². The van der Waals surface area contributed by atoms with Gasteiger partial charge in [-0.3, -0.25) is 19.3 Å². The lowest BCUT2D eigenvalue weighted by Gasteiger charge is -2.39. The van der Waals surface area contributed by atoms with Crippen LogP contribution in [0.4, 0.5) is 15.9 Å². The van der Waals surface area contributed by atoms with Crippen molar-refractivity contribution in [2.45, 2.75) is 31.5 Å². The molecular weight excluding hydrogens is 567 g/mol. The van der Waals surface area contributed by atoms with Crippen LogP contribution in [0.3, 0.4) is 0 Å². The van der Waals surface area contributed by atoms with E-state index in [0.717, 1.165) is 37.8 Å². The Morgan fingerprint density at radius 2 is 1.88 bits per heavy atom. The number of carbonyl (C=O) groups is 2. The molecule has 2 saturated heterocycles. The summed E-state index contributed by atoms with van der Waals surface area (Å²) >= 11 is 6.40. The Bertz CT molecular complexity index is 1810. The lowest BCUT2D eigenvalue weighted by Crippen LogP contribution is -2.52. The Kier molecular flexibility index (Phi) is 6.86. The molecule has 1 aromatic carbocycles. The molecule has 2 amide bonds. The monoisotopic (exact) mass is 594 g/mol. The molecule has 12 nitrogen and oxygen atoms in total. The van der Waals surface area contributed by atoms with Crippen molar-refractivity contribution in [1.82, 2.24) is 24.0 Å². The summed E-state index contributed by atoms with van der Waals surface area (Å²) in [6, 6.07) is 4.84. The second-order valence-electron chi connectivity index (χ2n) is 10.8. The van der Waals surface area contributed by atoms with Gasteiger partial charge in [-0.2, -0.15) is 0 Å². The van der Waals surface area contributed by atoms with E-state index in [2.05, 4.69) is 32.1 Å². The molecule has 0 aliphatic carbocycles. The summed E-state index contributed by atoms with van der Waals surface area (Å²) in [7, 11) is 3.65. The number of nitrogens with one attached hydrogen (secondary N) is 1. The van der Waals surface area contributed by atoms with Crippen molar-refractivity contribution in [3.05, 3.63) is 63.7 Å². The molecule has 0 saturated carbocycles. The lowest BCUT2D eigenvalue weighted by atomic mass is 10.0. The minimum atomic E-state index is -1.09. The molecule has 2 unspecified atom stereocenters. The van der Waals surface area contributed by atoms with Crippen molar-refractivity contribution in [3.8, 4) is 16.9 Å². The lowest BCUT2D eigenvalue weighted by molar-refractivity contribution is -0.116. The van der Waals surface area contributed by atoms with Gasteiger partial charge in [-0.25, -0.2) is 14.4 Å². The maximum atomic E-state index is 14.5. The van der Waals surface area contributed by atoms with E-state index in [-0.39, 0.29) is 33.7 Å². The summed E-state index contributed by atoms with van der Waals surface area (Å²) in [5.41, 5.74) is 5.30. The third kappa shape index (κ3) is 4.73. The van der Waals surface area contributed by atoms with E-state index in [0.29, 0.717) is 17.8 Å². The van der Waals surface area contributed by atoms with Gasteiger partial charge in [0.15, 0.2) is 11.6 Å². The number of aromatic hydroxyl groups is 1. The number of hydrogen-bond donors (Lipinski definition) is 3. The Labute approximate surface area is 244 Å². The summed E-state index contributed by atoms with van der Waals surface area (Å²) < 4.78 is 17.2. The van der Waals surface area contributed by atoms with Gasteiger partial charge in [-0.05, 0) is 37.6 Å². The van der Waals surface area contributed by atoms with E-state index in [4.69, 9.17) is 17.3 Å². The summed E-state index contributed by atoms with van der Waals surface area (Å²) in [5, 5.41) is 13.2. The van der Waals surface area contributed by atoms with E-state index < -0.39 is 34.5 Å². The first-order valence-electron chi connectivity index (χ1n) is 13.3. The van der Waals surface area contributed by atoms with Crippen LogP contribution in [0.25, 0.3) is 22.2 Å². The second-order valence-corrected chi connectivity index (χ2v) is 11.2. The number of aryl methyl sites for hydroxylation is 1. The standard InChI is InChI=1S/C28H28ClFN8O4/c1-35-13-33-27-24(28(35)42)18(14-5-17(26(31)41)25(40)20(30)6-14)11-38(27)12-23(39)34-21-7-22(32-8-19(21)29)37-9-15-3-4-16(10-37)36(15)2/h5-8,11,13,15-16,40H,3-4,9-10,12H2,1-2H3,(H2,31,41)(H,32,34,39). The molecule has 0 spiro atoms. The third-order valence-corrected chi connectivity index (χ3v) is 8.48. The van der Waals surface area contributed by atoms with Crippen LogP contribution >= 0.6 is 11.6 Å². The first-order valence-corrected chi connectivity index (χ1v) is 13.7. The molecule has 6 rings (SSSR count). The number of phenols is 1. The minimum Gasteiger partial charge on any atom is -0.504 e. The summed E-state index contributed by atoms with van der Waals surface area (Å²) in [6.45, 7) is 1.42. The van der Waals surface area contributed by atoms with Crippen molar-refractivity contribution in [1.29, 1.82) is 0 Å². The van der Waals surface area contributed by atoms with Crippen LogP contribution in [-0.2, 0) is 18.4 Å². The Morgan fingerprint density at radius 1 is 1.17 bits per heavy atom. The van der Waals surface area contributed by atoms with Gasteiger partial charge >= 0.3 is 0 Å². The van der Waals surface area contributed by atoms with Gasteiger partial charge in [0.2, 0.25) is 5.91 Å². The highest BCUT2D eigenvalue weighted by Crippen LogP contribution is 2.34. The third-order valence-electron chi connectivity index (χ3n) is 8.18. The molecule has 5 heterocycles. The SMILES string of the molecule is CN1C2CCC1CN(c1cc(NC(=O)Cn3cc(-c4cc(F)c(O)c(C(N)=O)c4)c4c(=O)n(C)cnc43)c(Cl)cn1)C2.